The molecule has 19 heavy (non-hydrogen) atoms. The molecule has 0 radical (unpaired) electrons. The fourth-order valence-electron chi connectivity index (χ4n) is 2.03. The van der Waals surface area contributed by atoms with Crippen molar-refractivity contribution >= 4 is 10.9 Å². The first kappa shape index (κ1) is 11.7. The summed E-state index contributed by atoms with van der Waals surface area (Å²) in [7, 11) is 0. The molecule has 0 aliphatic rings. The topological polar surface area (TPSA) is 46.0 Å². The number of hydrogen-bond acceptors (Lipinski definition) is 3. The van der Waals surface area contributed by atoms with Gasteiger partial charge in [0.05, 0.1) is 11.7 Å². The van der Waals surface area contributed by atoms with E-state index in [1.54, 1.807) is 12.3 Å². The lowest BCUT2D eigenvalue weighted by molar-refractivity contribution is 0.219. The van der Waals surface area contributed by atoms with E-state index in [9.17, 15) is 9.50 Å². The highest BCUT2D eigenvalue weighted by Gasteiger charge is 2.12. The van der Waals surface area contributed by atoms with Crippen molar-refractivity contribution in [2.75, 3.05) is 0 Å². The fourth-order valence-corrected chi connectivity index (χ4v) is 2.03. The average Bonchev–Trinajstić information content (AvgIpc) is 2.46. The first-order valence-corrected chi connectivity index (χ1v) is 5.87. The molecule has 1 atom stereocenters. The second kappa shape index (κ2) is 4.74. The Hall–Kier alpha value is -2.33. The molecule has 0 aliphatic carbocycles. The smallest absolute Gasteiger partial charge is 0.141 e. The van der Waals surface area contributed by atoms with Crippen LogP contribution in [0, 0.1) is 5.82 Å². The van der Waals surface area contributed by atoms with Crippen LogP contribution in [0.1, 0.15) is 17.2 Å². The highest BCUT2D eigenvalue weighted by molar-refractivity contribution is 5.79. The molecule has 4 heteroatoms. The van der Waals surface area contributed by atoms with Crippen molar-refractivity contribution in [2.45, 2.75) is 6.10 Å². The van der Waals surface area contributed by atoms with E-state index in [1.165, 1.54) is 12.3 Å². The second-order valence-electron chi connectivity index (χ2n) is 4.29. The molecule has 2 heterocycles. The van der Waals surface area contributed by atoms with Crippen molar-refractivity contribution < 1.29 is 9.50 Å². The molecule has 2 aromatic heterocycles. The minimum absolute atomic E-state index is 0.434. The zero-order valence-corrected chi connectivity index (χ0v) is 9.99. The number of pyridine rings is 2. The van der Waals surface area contributed by atoms with E-state index in [2.05, 4.69) is 9.97 Å². The number of aromatic nitrogens is 2. The number of halogens is 1. The Kier molecular flexibility index (Phi) is 2.93. The Morgan fingerprint density at radius 1 is 1.05 bits per heavy atom. The number of aliphatic hydroxyl groups is 1. The second-order valence-corrected chi connectivity index (χ2v) is 4.29. The predicted molar refractivity (Wildman–Crippen MR) is 70.0 cm³/mol. The van der Waals surface area contributed by atoms with Crippen LogP contribution in [0.2, 0.25) is 0 Å². The molecule has 3 rings (SSSR count). The van der Waals surface area contributed by atoms with E-state index < -0.39 is 11.9 Å². The van der Waals surface area contributed by atoms with Crippen LogP contribution < -0.4 is 0 Å². The van der Waals surface area contributed by atoms with Crippen molar-refractivity contribution in [2.24, 2.45) is 0 Å². The van der Waals surface area contributed by atoms with Gasteiger partial charge in [-0.1, -0.05) is 12.1 Å². The number of nitrogens with zero attached hydrogens (tertiary/aromatic N) is 2. The maximum absolute atomic E-state index is 13.1. The molecule has 0 amide bonds. The molecule has 0 aliphatic heterocycles. The van der Waals surface area contributed by atoms with E-state index in [1.807, 2.05) is 24.3 Å². The third-order valence-corrected chi connectivity index (χ3v) is 2.98. The monoisotopic (exact) mass is 254 g/mol. The molecule has 0 fully saturated rings. The standard InChI is InChI=1S/C15H11FN2O/c16-13-7-12(8-17-9-13)15(19)11-3-4-14-10(6-11)2-1-5-18-14/h1-9,15,19H. The summed E-state index contributed by atoms with van der Waals surface area (Å²) in [5.74, 6) is -0.459. The zero-order valence-electron chi connectivity index (χ0n) is 9.99. The Morgan fingerprint density at radius 2 is 1.95 bits per heavy atom. The van der Waals surface area contributed by atoms with Gasteiger partial charge in [0.15, 0.2) is 0 Å². The van der Waals surface area contributed by atoms with Gasteiger partial charge < -0.3 is 5.11 Å². The number of benzene rings is 1. The van der Waals surface area contributed by atoms with Crippen molar-refractivity contribution in [3.63, 3.8) is 0 Å². The number of fused-ring (bicyclic) bond motifs is 1. The summed E-state index contributed by atoms with van der Waals surface area (Å²) in [6.45, 7) is 0. The van der Waals surface area contributed by atoms with Crippen LogP contribution in [0.25, 0.3) is 10.9 Å². The van der Waals surface area contributed by atoms with Crippen molar-refractivity contribution in [3.05, 3.63) is 71.9 Å². The summed E-state index contributed by atoms with van der Waals surface area (Å²) in [5.41, 5.74) is 1.98. The van der Waals surface area contributed by atoms with Crippen molar-refractivity contribution in [1.29, 1.82) is 0 Å². The molecular formula is C15H11FN2O. The molecule has 0 saturated heterocycles. The third-order valence-electron chi connectivity index (χ3n) is 2.98. The van der Waals surface area contributed by atoms with Gasteiger partial charge in [0.2, 0.25) is 0 Å². The Balaban J connectivity index is 2.04. The van der Waals surface area contributed by atoms with Crippen LogP contribution in [-0.4, -0.2) is 15.1 Å². The van der Waals surface area contributed by atoms with Crippen LogP contribution in [0.4, 0.5) is 4.39 Å². The summed E-state index contributed by atoms with van der Waals surface area (Å²) in [6, 6.07) is 10.5. The van der Waals surface area contributed by atoms with Crippen LogP contribution in [-0.2, 0) is 0 Å². The zero-order chi connectivity index (χ0) is 13.2. The average molecular weight is 254 g/mol. The van der Waals surface area contributed by atoms with E-state index in [0.29, 0.717) is 11.1 Å². The normalized spacial score (nSPS) is 12.5. The maximum Gasteiger partial charge on any atom is 0.141 e. The number of hydrogen-bond donors (Lipinski definition) is 1. The first-order valence-electron chi connectivity index (χ1n) is 5.87. The molecular weight excluding hydrogens is 243 g/mol. The minimum atomic E-state index is -0.896. The van der Waals surface area contributed by atoms with Crippen molar-refractivity contribution in [3.8, 4) is 0 Å². The van der Waals surface area contributed by atoms with Gasteiger partial charge in [0, 0.05) is 23.3 Å². The molecule has 0 bridgehead atoms. The van der Waals surface area contributed by atoms with E-state index >= 15 is 0 Å². The Morgan fingerprint density at radius 3 is 2.79 bits per heavy atom. The summed E-state index contributed by atoms with van der Waals surface area (Å²) >= 11 is 0. The Labute approximate surface area is 109 Å². The van der Waals surface area contributed by atoms with E-state index in [-0.39, 0.29) is 0 Å². The lowest BCUT2D eigenvalue weighted by Crippen LogP contribution is -2.01. The van der Waals surface area contributed by atoms with Gasteiger partial charge in [0.1, 0.15) is 11.9 Å². The molecule has 1 aromatic carbocycles. The SMILES string of the molecule is OC(c1cncc(F)c1)c1ccc2ncccc2c1. The number of aliphatic hydroxyl groups excluding tert-OH is 1. The van der Waals surface area contributed by atoms with Crippen LogP contribution >= 0.6 is 0 Å². The van der Waals surface area contributed by atoms with E-state index in [0.717, 1.165) is 17.1 Å². The predicted octanol–water partition coefficient (Wildman–Crippen LogP) is 2.85. The van der Waals surface area contributed by atoms with Gasteiger partial charge in [-0.3, -0.25) is 9.97 Å². The molecule has 1 unspecified atom stereocenters. The van der Waals surface area contributed by atoms with Gasteiger partial charge in [-0.05, 0) is 29.8 Å². The quantitative estimate of drug-likeness (QED) is 0.764. The van der Waals surface area contributed by atoms with Crippen LogP contribution in [0.5, 0.6) is 0 Å². The Bertz CT molecular complexity index is 730. The highest BCUT2D eigenvalue weighted by atomic mass is 19.1. The van der Waals surface area contributed by atoms with Gasteiger partial charge in [-0.2, -0.15) is 0 Å². The summed E-state index contributed by atoms with van der Waals surface area (Å²) in [5, 5.41) is 11.2. The molecule has 0 saturated carbocycles. The number of rotatable bonds is 2. The van der Waals surface area contributed by atoms with Gasteiger partial charge in [-0.15, -0.1) is 0 Å². The maximum atomic E-state index is 13.1. The first-order chi connectivity index (χ1) is 9.24. The lowest BCUT2D eigenvalue weighted by Gasteiger charge is -2.11. The molecule has 1 N–H and O–H groups in total. The van der Waals surface area contributed by atoms with Gasteiger partial charge >= 0.3 is 0 Å². The van der Waals surface area contributed by atoms with Gasteiger partial charge in [-0.25, -0.2) is 4.39 Å². The minimum Gasteiger partial charge on any atom is -0.384 e. The molecule has 3 aromatic rings. The summed E-state index contributed by atoms with van der Waals surface area (Å²) in [4.78, 5) is 7.96. The molecule has 94 valence electrons. The summed E-state index contributed by atoms with van der Waals surface area (Å²) < 4.78 is 13.1. The molecule has 3 nitrogen and oxygen atoms in total. The largest absolute Gasteiger partial charge is 0.384 e. The molecule has 0 spiro atoms. The van der Waals surface area contributed by atoms with Gasteiger partial charge in [0.25, 0.3) is 0 Å². The summed E-state index contributed by atoms with van der Waals surface area (Å²) in [6.07, 6.45) is 3.39. The fraction of sp³-hybridized carbons (Fsp3) is 0.0667. The van der Waals surface area contributed by atoms with Crippen LogP contribution in [0.15, 0.2) is 55.0 Å². The third kappa shape index (κ3) is 2.30. The van der Waals surface area contributed by atoms with Crippen LogP contribution in [0.3, 0.4) is 0 Å². The lowest BCUT2D eigenvalue weighted by atomic mass is 10.0. The van der Waals surface area contributed by atoms with E-state index in [4.69, 9.17) is 0 Å². The highest BCUT2D eigenvalue weighted by Crippen LogP contribution is 2.24. The van der Waals surface area contributed by atoms with Crippen molar-refractivity contribution in [1.82, 2.24) is 9.97 Å².